The Labute approximate surface area is 207 Å². The quantitative estimate of drug-likeness (QED) is 0.546. The fourth-order valence-corrected chi connectivity index (χ4v) is 5.46. The van der Waals surface area contributed by atoms with Crippen molar-refractivity contribution in [1.29, 1.82) is 0 Å². The fourth-order valence-electron chi connectivity index (χ4n) is 5.46. The molecule has 5 nitrogen and oxygen atoms in total. The molecule has 1 saturated heterocycles. The normalized spacial score (nSPS) is 18.2. The summed E-state index contributed by atoms with van der Waals surface area (Å²) in [6, 6.07) is 25.9. The molecule has 5 heteroatoms. The van der Waals surface area contributed by atoms with E-state index in [2.05, 4.69) is 59.5 Å². The first-order valence-electron chi connectivity index (χ1n) is 12.6. The van der Waals surface area contributed by atoms with Crippen LogP contribution in [0.5, 0.6) is 0 Å². The fraction of sp³-hybridized carbons (Fsp3) is 0.300. The number of hydrogen-bond donors (Lipinski definition) is 1. The lowest BCUT2D eigenvalue weighted by Gasteiger charge is -2.39. The predicted octanol–water partition coefficient (Wildman–Crippen LogP) is 4.43. The molecule has 2 aliphatic heterocycles. The third-order valence-electron chi connectivity index (χ3n) is 7.53. The molecule has 3 aromatic rings. The second kappa shape index (κ2) is 10.2. The zero-order valence-electron chi connectivity index (χ0n) is 20.3. The number of quaternary nitrogens is 1. The molecule has 1 N–H and O–H groups in total. The number of piperidine rings is 1. The van der Waals surface area contributed by atoms with E-state index < -0.39 is 0 Å². The molecule has 35 heavy (non-hydrogen) atoms. The molecule has 2 heterocycles. The Morgan fingerprint density at radius 2 is 1.66 bits per heavy atom. The van der Waals surface area contributed by atoms with Crippen LogP contribution in [0.1, 0.15) is 41.3 Å². The number of nitrogens with zero attached hydrogens (tertiary/aromatic N) is 2. The number of rotatable bonds is 6. The number of para-hydroxylation sites is 1. The monoisotopic (exact) mass is 467 g/mol. The summed E-state index contributed by atoms with van der Waals surface area (Å²) in [6.07, 6.45) is 6.52. The van der Waals surface area contributed by atoms with Crippen LogP contribution in [0.3, 0.4) is 0 Å². The van der Waals surface area contributed by atoms with Gasteiger partial charge in [-0.05, 0) is 62.2 Å². The van der Waals surface area contributed by atoms with Gasteiger partial charge in [0.1, 0.15) is 5.69 Å². The Bertz CT molecular complexity index is 1180. The van der Waals surface area contributed by atoms with Gasteiger partial charge in [0, 0.05) is 41.9 Å². The van der Waals surface area contributed by atoms with Crippen LogP contribution in [0.25, 0.3) is 6.08 Å². The van der Waals surface area contributed by atoms with E-state index >= 15 is 0 Å². The van der Waals surface area contributed by atoms with Gasteiger partial charge in [-0.15, -0.1) is 0 Å². The van der Waals surface area contributed by atoms with E-state index in [0.29, 0.717) is 24.3 Å². The first kappa shape index (κ1) is 23.5. The number of nitrogens with one attached hydrogen (secondary N) is 1. The van der Waals surface area contributed by atoms with Crippen molar-refractivity contribution in [2.24, 2.45) is 0 Å². The molecule has 5 rings (SSSR count). The third-order valence-corrected chi connectivity index (χ3v) is 7.53. The maximum absolute atomic E-state index is 13.5. The van der Waals surface area contributed by atoms with Crippen molar-refractivity contribution in [2.75, 3.05) is 37.6 Å². The van der Waals surface area contributed by atoms with E-state index in [1.807, 2.05) is 24.0 Å². The van der Waals surface area contributed by atoms with Crippen molar-refractivity contribution in [3.05, 3.63) is 107 Å². The molecule has 3 aromatic carbocycles. The van der Waals surface area contributed by atoms with E-state index in [1.54, 1.807) is 24.3 Å². The third kappa shape index (κ3) is 4.80. The molecule has 0 aromatic heterocycles. The van der Waals surface area contributed by atoms with Crippen molar-refractivity contribution >= 4 is 23.4 Å². The van der Waals surface area contributed by atoms with Gasteiger partial charge in [-0.1, -0.05) is 60.7 Å². The summed E-state index contributed by atoms with van der Waals surface area (Å²) in [5.74, 6) is 0.0121. The van der Waals surface area contributed by atoms with Gasteiger partial charge in [0.05, 0.1) is 6.54 Å². The molecule has 0 bridgehead atoms. The van der Waals surface area contributed by atoms with Gasteiger partial charge in [-0.3, -0.25) is 9.69 Å². The molecule has 0 saturated carbocycles. The molecule has 0 aliphatic carbocycles. The highest BCUT2D eigenvalue weighted by molar-refractivity contribution is 6.07. The summed E-state index contributed by atoms with van der Waals surface area (Å²) in [5, 5.41) is 12.1. The van der Waals surface area contributed by atoms with Gasteiger partial charge in [0.2, 0.25) is 0 Å². The van der Waals surface area contributed by atoms with Crippen LogP contribution in [0.2, 0.25) is 0 Å². The highest BCUT2D eigenvalue weighted by atomic mass is 16.5. The smallest absolute Gasteiger partial charge is 0.258 e. The Hall–Kier alpha value is -3.25. The lowest BCUT2D eigenvalue weighted by Crippen LogP contribution is -3.01. The van der Waals surface area contributed by atoms with Crippen molar-refractivity contribution in [3.8, 4) is 0 Å². The average molecular weight is 468 g/mol. The van der Waals surface area contributed by atoms with Crippen molar-refractivity contribution in [1.82, 2.24) is 4.90 Å². The van der Waals surface area contributed by atoms with Crippen molar-refractivity contribution in [3.63, 3.8) is 0 Å². The van der Waals surface area contributed by atoms with Gasteiger partial charge in [-0.25, -0.2) is 0 Å². The number of anilines is 1. The molecule has 1 amide bonds. The van der Waals surface area contributed by atoms with E-state index in [0.717, 1.165) is 38.2 Å². The zero-order chi connectivity index (χ0) is 24.3. The maximum atomic E-state index is 13.5. The number of hydroxylamine groups is 1. The standard InChI is InChI=1S/C30H33N3O2/c1-2-33(35)26-16-14-25(15-17-26)29(34)32-23-30(27-12-6-7-13-28(27)32)18-21-31(22-19-30)20-8-11-24-9-4-3-5-10-24/h3-17,33H,2,18-23H2,1H3/b11-8+. The number of fused-ring (bicyclic) bond motifs is 2. The van der Waals surface area contributed by atoms with E-state index in [-0.39, 0.29) is 16.4 Å². The number of carbonyl (C=O) groups excluding carboxylic acids is 1. The summed E-state index contributed by atoms with van der Waals surface area (Å²) < 4.78 is 0. The highest BCUT2D eigenvalue weighted by Crippen LogP contribution is 2.47. The first-order valence-corrected chi connectivity index (χ1v) is 12.6. The van der Waals surface area contributed by atoms with Crippen LogP contribution in [-0.2, 0) is 5.41 Å². The lowest BCUT2D eigenvalue weighted by atomic mass is 9.74. The minimum absolute atomic E-state index is 0.00398. The molecule has 0 radical (unpaired) electrons. The molecule has 1 fully saturated rings. The second-order valence-corrected chi connectivity index (χ2v) is 9.66. The lowest BCUT2D eigenvalue weighted by molar-refractivity contribution is -0.773. The van der Waals surface area contributed by atoms with Gasteiger partial charge in [0.25, 0.3) is 5.91 Å². The Kier molecular flexibility index (Phi) is 6.82. The van der Waals surface area contributed by atoms with Crippen molar-refractivity contribution < 1.29 is 9.86 Å². The summed E-state index contributed by atoms with van der Waals surface area (Å²) in [4.78, 5) is 18.0. The summed E-state index contributed by atoms with van der Waals surface area (Å²) in [6.45, 7) is 6.01. The summed E-state index contributed by atoms with van der Waals surface area (Å²) in [5.41, 5.74) is 4.86. The van der Waals surface area contributed by atoms with Crippen LogP contribution < -0.4 is 9.96 Å². The minimum Gasteiger partial charge on any atom is -0.629 e. The second-order valence-electron chi connectivity index (χ2n) is 9.66. The highest BCUT2D eigenvalue weighted by Gasteiger charge is 2.46. The Morgan fingerprint density at radius 1 is 0.971 bits per heavy atom. The Balaban J connectivity index is 1.28. The summed E-state index contributed by atoms with van der Waals surface area (Å²) >= 11 is 0. The van der Waals surface area contributed by atoms with E-state index in [1.165, 1.54) is 11.1 Å². The van der Waals surface area contributed by atoms with Gasteiger partial charge in [0.15, 0.2) is 0 Å². The molecule has 1 spiro atoms. The topological polar surface area (TPSA) is 51.1 Å². The van der Waals surface area contributed by atoms with Gasteiger partial charge >= 0.3 is 0 Å². The summed E-state index contributed by atoms with van der Waals surface area (Å²) in [7, 11) is 0. The molecule has 1 unspecified atom stereocenters. The zero-order valence-corrected chi connectivity index (χ0v) is 20.3. The largest absolute Gasteiger partial charge is 0.629 e. The molecule has 2 aliphatic rings. The van der Waals surface area contributed by atoms with Crippen LogP contribution in [0.15, 0.2) is 84.9 Å². The predicted molar refractivity (Wildman–Crippen MR) is 142 cm³/mol. The maximum Gasteiger partial charge on any atom is 0.258 e. The van der Waals surface area contributed by atoms with Crippen LogP contribution in [0, 0.1) is 5.21 Å². The minimum atomic E-state index is 0.00398. The number of likely N-dealkylation sites (tertiary alicyclic amines) is 1. The molecular weight excluding hydrogens is 434 g/mol. The first-order chi connectivity index (χ1) is 17.1. The van der Waals surface area contributed by atoms with Crippen LogP contribution >= 0.6 is 0 Å². The number of hydrogen-bond acceptors (Lipinski definition) is 3. The number of amides is 1. The van der Waals surface area contributed by atoms with Gasteiger partial charge < -0.3 is 15.2 Å². The van der Waals surface area contributed by atoms with Gasteiger partial charge in [-0.2, -0.15) is 0 Å². The van der Waals surface area contributed by atoms with E-state index in [9.17, 15) is 10.0 Å². The van der Waals surface area contributed by atoms with E-state index in [4.69, 9.17) is 0 Å². The molecular formula is C30H33N3O2. The molecule has 180 valence electrons. The number of carbonyl (C=O) groups is 1. The average Bonchev–Trinajstić information content (AvgIpc) is 3.23. The number of benzene rings is 3. The van der Waals surface area contributed by atoms with Crippen molar-refractivity contribution in [2.45, 2.75) is 25.2 Å². The Morgan fingerprint density at radius 3 is 2.37 bits per heavy atom. The molecule has 1 atom stereocenters. The van der Waals surface area contributed by atoms with Crippen LogP contribution in [0.4, 0.5) is 11.4 Å². The SMILES string of the molecule is CC[NH+]([O-])c1ccc(C(=O)N2CC3(CCN(C/C=C/c4ccccc4)CC3)c3ccccc32)cc1. The van der Waals surface area contributed by atoms with Crippen LogP contribution in [-0.4, -0.2) is 43.5 Å².